The number of nitrogens with zero attached hydrogens (tertiary/aromatic N) is 1. The number of hydrogen-bond donors (Lipinski definition) is 1. The summed E-state index contributed by atoms with van der Waals surface area (Å²) in [4.78, 5) is 14.9. The van der Waals surface area contributed by atoms with Crippen LogP contribution in [0.4, 0.5) is 0 Å². The first-order chi connectivity index (χ1) is 10.3. The molecule has 0 radical (unpaired) electrons. The van der Waals surface area contributed by atoms with E-state index in [0.29, 0.717) is 6.54 Å². The second-order valence-electron chi connectivity index (χ2n) is 5.50. The van der Waals surface area contributed by atoms with Gasteiger partial charge in [-0.2, -0.15) is 0 Å². The highest BCUT2D eigenvalue weighted by Crippen LogP contribution is 2.34. The molecule has 3 rings (SSSR count). The van der Waals surface area contributed by atoms with Gasteiger partial charge in [-0.15, -0.1) is 11.3 Å². The first-order valence-corrected chi connectivity index (χ1v) is 8.19. The number of hydrogen-bond acceptors (Lipinski definition) is 3. The van der Waals surface area contributed by atoms with Gasteiger partial charge in [0.05, 0.1) is 12.0 Å². The minimum Gasteiger partial charge on any atom is -0.481 e. The lowest BCUT2D eigenvalue weighted by atomic mass is 9.94. The Kier molecular flexibility index (Phi) is 4.36. The number of carboxylic acid groups (broad SMARTS) is 1. The number of carbonyl (C=O) groups is 1. The molecule has 1 aliphatic heterocycles. The number of benzene rings is 1. The van der Waals surface area contributed by atoms with Crippen LogP contribution < -0.4 is 0 Å². The number of piperidine rings is 1. The molecule has 1 fully saturated rings. The quantitative estimate of drug-likeness (QED) is 0.937. The molecule has 1 aromatic heterocycles. The fourth-order valence-corrected chi connectivity index (χ4v) is 3.97. The molecule has 1 aromatic carbocycles. The molecule has 0 saturated carbocycles. The van der Waals surface area contributed by atoms with Crippen molar-refractivity contribution in [2.75, 3.05) is 13.1 Å². The van der Waals surface area contributed by atoms with E-state index >= 15 is 0 Å². The van der Waals surface area contributed by atoms with Gasteiger partial charge >= 0.3 is 5.97 Å². The molecule has 0 aliphatic carbocycles. The van der Waals surface area contributed by atoms with E-state index in [1.165, 1.54) is 10.4 Å². The maximum Gasteiger partial charge on any atom is 0.307 e. The summed E-state index contributed by atoms with van der Waals surface area (Å²) in [5.74, 6) is -0.914. The van der Waals surface area contributed by atoms with Gasteiger partial charge in [-0.25, -0.2) is 0 Å². The zero-order valence-corrected chi connectivity index (χ0v) is 12.6. The van der Waals surface area contributed by atoms with Gasteiger partial charge in [0.15, 0.2) is 0 Å². The third-order valence-corrected chi connectivity index (χ3v) is 5.02. The lowest BCUT2D eigenvalue weighted by Crippen LogP contribution is -2.41. The largest absolute Gasteiger partial charge is 0.481 e. The Morgan fingerprint density at radius 3 is 2.71 bits per heavy atom. The molecule has 2 heterocycles. The monoisotopic (exact) mass is 301 g/mol. The molecule has 21 heavy (non-hydrogen) atoms. The van der Waals surface area contributed by atoms with Gasteiger partial charge in [-0.3, -0.25) is 9.69 Å². The molecule has 4 heteroatoms. The predicted molar refractivity (Wildman–Crippen MR) is 84.5 cm³/mol. The Hall–Kier alpha value is -1.65. The van der Waals surface area contributed by atoms with Crippen LogP contribution in [0.15, 0.2) is 47.8 Å². The van der Waals surface area contributed by atoms with Crippen LogP contribution in [-0.2, 0) is 4.79 Å². The lowest BCUT2D eigenvalue weighted by Gasteiger charge is -2.37. The van der Waals surface area contributed by atoms with Crippen molar-refractivity contribution in [3.63, 3.8) is 0 Å². The number of rotatable bonds is 4. The standard InChI is InChI=1S/C17H19NO2S/c19-17(20)14-8-4-10-18(12-14)16(15-9-5-11-21-15)13-6-2-1-3-7-13/h1-3,5-7,9,11,14,16H,4,8,10,12H2,(H,19,20). The Bertz CT molecular complexity index is 582. The first kappa shape index (κ1) is 14.3. The van der Waals surface area contributed by atoms with E-state index in [4.69, 9.17) is 0 Å². The molecular formula is C17H19NO2S. The SMILES string of the molecule is O=C(O)C1CCCN(C(c2ccccc2)c2cccs2)C1. The summed E-state index contributed by atoms with van der Waals surface area (Å²) in [5.41, 5.74) is 1.24. The molecule has 2 aromatic rings. The predicted octanol–water partition coefficient (Wildman–Crippen LogP) is 3.63. The van der Waals surface area contributed by atoms with Gasteiger partial charge in [-0.05, 0) is 36.4 Å². The van der Waals surface area contributed by atoms with Crippen LogP contribution in [0.2, 0.25) is 0 Å². The molecule has 1 aliphatic rings. The van der Waals surface area contributed by atoms with Crippen LogP contribution in [0.5, 0.6) is 0 Å². The van der Waals surface area contributed by atoms with Crippen molar-refractivity contribution in [3.05, 3.63) is 58.3 Å². The fraction of sp³-hybridized carbons (Fsp3) is 0.353. The van der Waals surface area contributed by atoms with Crippen molar-refractivity contribution in [2.24, 2.45) is 5.92 Å². The van der Waals surface area contributed by atoms with E-state index in [0.717, 1.165) is 19.4 Å². The summed E-state index contributed by atoms with van der Waals surface area (Å²) < 4.78 is 0. The van der Waals surface area contributed by atoms with Crippen molar-refractivity contribution < 1.29 is 9.90 Å². The number of aliphatic carboxylic acids is 1. The molecular weight excluding hydrogens is 282 g/mol. The highest BCUT2D eigenvalue weighted by molar-refractivity contribution is 7.10. The minimum atomic E-state index is -0.669. The second-order valence-corrected chi connectivity index (χ2v) is 6.48. The van der Waals surface area contributed by atoms with E-state index in [9.17, 15) is 9.90 Å². The average Bonchev–Trinajstić information content (AvgIpc) is 3.03. The average molecular weight is 301 g/mol. The molecule has 0 spiro atoms. The molecule has 2 atom stereocenters. The molecule has 0 amide bonds. The van der Waals surface area contributed by atoms with Gasteiger partial charge in [0.1, 0.15) is 0 Å². The normalized spacial score (nSPS) is 21.0. The maximum absolute atomic E-state index is 11.3. The zero-order valence-electron chi connectivity index (χ0n) is 11.8. The van der Waals surface area contributed by atoms with Crippen LogP contribution >= 0.6 is 11.3 Å². The van der Waals surface area contributed by atoms with Crippen molar-refractivity contribution in [1.29, 1.82) is 0 Å². The highest BCUT2D eigenvalue weighted by Gasteiger charge is 2.31. The topological polar surface area (TPSA) is 40.5 Å². The van der Waals surface area contributed by atoms with E-state index in [-0.39, 0.29) is 12.0 Å². The fourth-order valence-electron chi connectivity index (χ4n) is 3.08. The molecule has 2 unspecified atom stereocenters. The van der Waals surface area contributed by atoms with Crippen LogP contribution in [0, 0.1) is 5.92 Å². The van der Waals surface area contributed by atoms with E-state index < -0.39 is 5.97 Å². The van der Waals surface area contributed by atoms with E-state index in [1.54, 1.807) is 11.3 Å². The minimum absolute atomic E-state index is 0.174. The number of carboxylic acids is 1. The smallest absolute Gasteiger partial charge is 0.307 e. The Morgan fingerprint density at radius 1 is 1.24 bits per heavy atom. The maximum atomic E-state index is 11.3. The molecule has 1 N–H and O–H groups in total. The summed E-state index contributed by atoms with van der Waals surface area (Å²) in [7, 11) is 0. The van der Waals surface area contributed by atoms with Crippen LogP contribution in [0.1, 0.15) is 29.3 Å². The Morgan fingerprint density at radius 2 is 2.05 bits per heavy atom. The Labute approximate surface area is 128 Å². The molecule has 0 bridgehead atoms. The molecule has 1 saturated heterocycles. The Balaban J connectivity index is 1.91. The van der Waals surface area contributed by atoms with Gasteiger partial charge in [-0.1, -0.05) is 36.4 Å². The third-order valence-electron chi connectivity index (χ3n) is 4.10. The summed E-state index contributed by atoms with van der Waals surface area (Å²) in [6.07, 6.45) is 1.74. The van der Waals surface area contributed by atoms with Crippen LogP contribution in [-0.4, -0.2) is 29.1 Å². The van der Waals surface area contributed by atoms with Gasteiger partial charge in [0.2, 0.25) is 0 Å². The summed E-state index contributed by atoms with van der Waals surface area (Å²) in [6.45, 7) is 1.59. The van der Waals surface area contributed by atoms with E-state index in [1.807, 2.05) is 6.07 Å². The molecule has 110 valence electrons. The van der Waals surface area contributed by atoms with Gasteiger partial charge < -0.3 is 5.11 Å². The third kappa shape index (κ3) is 3.17. The summed E-state index contributed by atoms with van der Waals surface area (Å²) in [6, 6.07) is 14.8. The number of thiophene rings is 1. The zero-order chi connectivity index (χ0) is 14.7. The number of likely N-dealkylation sites (tertiary alicyclic amines) is 1. The van der Waals surface area contributed by atoms with Crippen molar-refractivity contribution >= 4 is 17.3 Å². The van der Waals surface area contributed by atoms with Crippen LogP contribution in [0.3, 0.4) is 0 Å². The summed E-state index contributed by atoms with van der Waals surface area (Å²) >= 11 is 1.74. The van der Waals surface area contributed by atoms with Gasteiger partial charge in [0, 0.05) is 11.4 Å². The van der Waals surface area contributed by atoms with E-state index in [2.05, 4.69) is 46.7 Å². The van der Waals surface area contributed by atoms with Crippen molar-refractivity contribution in [2.45, 2.75) is 18.9 Å². The summed E-state index contributed by atoms with van der Waals surface area (Å²) in [5, 5.41) is 11.4. The van der Waals surface area contributed by atoms with Gasteiger partial charge in [0.25, 0.3) is 0 Å². The second kappa shape index (κ2) is 6.41. The highest BCUT2D eigenvalue weighted by atomic mass is 32.1. The van der Waals surface area contributed by atoms with Crippen LogP contribution in [0.25, 0.3) is 0 Å². The lowest BCUT2D eigenvalue weighted by molar-refractivity contribution is -0.143. The molecule has 3 nitrogen and oxygen atoms in total. The van der Waals surface area contributed by atoms with Crippen molar-refractivity contribution in [1.82, 2.24) is 4.90 Å². The first-order valence-electron chi connectivity index (χ1n) is 7.31. The van der Waals surface area contributed by atoms with Crippen molar-refractivity contribution in [3.8, 4) is 0 Å².